The molecule has 0 atom stereocenters. The van der Waals surface area contributed by atoms with Gasteiger partial charge in [-0.05, 0) is 18.2 Å². The van der Waals surface area contributed by atoms with E-state index in [4.69, 9.17) is 0 Å². The van der Waals surface area contributed by atoms with Crippen molar-refractivity contribution in [2.45, 2.75) is 0 Å². The molecule has 0 aliphatic heterocycles. The number of nitro groups is 1. The molecule has 0 radical (unpaired) electrons. The normalized spacial score (nSPS) is 10.6. The predicted octanol–water partition coefficient (Wildman–Crippen LogP) is 2.40. The number of non-ortho nitro benzene ring substituents is 1. The maximum atomic E-state index is 12.5. The van der Waals surface area contributed by atoms with Gasteiger partial charge in [-0.2, -0.15) is 0 Å². The molecular formula is C17H13N3O5. The number of nitrogens with zero attached hydrogens (tertiary/aromatic N) is 2. The van der Waals surface area contributed by atoms with E-state index >= 15 is 0 Å². The number of rotatable bonds is 3. The summed E-state index contributed by atoms with van der Waals surface area (Å²) in [7, 11) is 1.39. The molecule has 3 aromatic rings. The second-order valence-corrected chi connectivity index (χ2v) is 5.37. The van der Waals surface area contributed by atoms with Gasteiger partial charge in [0.25, 0.3) is 17.2 Å². The summed E-state index contributed by atoms with van der Waals surface area (Å²) in [5.41, 5.74) is -0.418. The molecule has 0 fully saturated rings. The summed E-state index contributed by atoms with van der Waals surface area (Å²) in [6.45, 7) is 0. The van der Waals surface area contributed by atoms with Gasteiger partial charge in [-0.1, -0.05) is 18.2 Å². The zero-order valence-electron chi connectivity index (χ0n) is 13.1. The van der Waals surface area contributed by atoms with Crippen LogP contribution in [0.1, 0.15) is 10.5 Å². The molecule has 1 heterocycles. The van der Waals surface area contributed by atoms with Gasteiger partial charge in [0.05, 0.1) is 10.3 Å². The summed E-state index contributed by atoms with van der Waals surface area (Å²) in [4.78, 5) is 35.0. The highest BCUT2D eigenvalue weighted by Gasteiger charge is 2.20. The molecule has 0 unspecified atom stereocenters. The molecule has 8 nitrogen and oxygen atoms in total. The fraction of sp³-hybridized carbons (Fsp3) is 0.0588. The molecule has 0 saturated heterocycles. The molecule has 25 heavy (non-hydrogen) atoms. The van der Waals surface area contributed by atoms with Gasteiger partial charge in [0.1, 0.15) is 0 Å². The Labute approximate surface area is 141 Å². The smallest absolute Gasteiger partial charge is 0.276 e. The standard InChI is InChI=1S/C17H13N3O5/c1-19-14(15(21)12-4-2-3-5-13(12)17(19)23)16(22)18-10-6-8-11(9-7-10)20(24)25/h2-9,21H,1H3,(H,18,22). The van der Waals surface area contributed by atoms with Crippen LogP contribution >= 0.6 is 0 Å². The van der Waals surface area contributed by atoms with E-state index in [1.807, 2.05) is 0 Å². The molecule has 0 aliphatic rings. The van der Waals surface area contributed by atoms with Crippen LogP contribution in [0.3, 0.4) is 0 Å². The number of hydrogen-bond acceptors (Lipinski definition) is 5. The van der Waals surface area contributed by atoms with Crippen molar-refractivity contribution in [3.63, 3.8) is 0 Å². The summed E-state index contributed by atoms with van der Waals surface area (Å²) < 4.78 is 1.07. The maximum Gasteiger partial charge on any atom is 0.276 e. The highest BCUT2D eigenvalue weighted by atomic mass is 16.6. The van der Waals surface area contributed by atoms with Crippen LogP contribution in [0.15, 0.2) is 53.3 Å². The molecule has 1 amide bonds. The van der Waals surface area contributed by atoms with Crippen molar-refractivity contribution in [1.82, 2.24) is 4.57 Å². The Morgan fingerprint density at radius 2 is 1.72 bits per heavy atom. The average Bonchev–Trinajstić information content (AvgIpc) is 2.60. The Balaban J connectivity index is 2.02. The quantitative estimate of drug-likeness (QED) is 0.562. The molecule has 8 heteroatoms. The lowest BCUT2D eigenvalue weighted by Gasteiger charge is -2.13. The van der Waals surface area contributed by atoms with Crippen molar-refractivity contribution in [3.05, 3.63) is 74.7 Å². The van der Waals surface area contributed by atoms with Gasteiger partial charge in [0, 0.05) is 30.3 Å². The van der Waals surface area contributed by atoms with Crippen LogP contribution < -0.4 is 10.9 Å². The molecule has 126 valence electrons. The van der Waals surface area contributed by atoms with E-state index in [1.54, 1.807) is 24.3 Å². The number of carbonyl (C=O) groups excluding carboxylic acids is 1. The fourth-order valence-electron chi connectivity index (χ4n) is 2.56. The first-order chi connectivity index (χ1) is 11.9. The highest BCUT2D eigenvalue weighted by molar-refractivity contribution is 6.08. The molecule has 0 spiro atoms. The summed E-state index contributed by atoms with van der Waals surface area (Å²) in [5.74, 6) is -1.01. The van der Waals surface area contributed by atoms with E-state index in [2.05, 4.69) is 5.32 Å². The Hall–Kier alpha value is -3.68. The van der Waals surface area contributed by atoms with Crippen LogP contribution in [-0.4, -0.2) is 20.5 Å². The van der Waals surface area contributed by atoms with Crippen LogP contribution in [0.25, 0.3) is 10.8 Å². The lowest BCUT2D eigenvalue weighted by atomic mass is 10.1. The van der Waals surface area contributed by atoms with Crippen LogP contribution in [0, 0.1) is 10.1 Å². The van der Waals surface area contributed by atoms with Crippen molar-refractivity contribution in [1.29, 1.82) is 0 Å². The van der Waals surface area contributed by atoms with Gasteiger partial charge in [0.2, 0.25) is 0 Å². The topological polar surface area (TPSA) is 114 Å². The Morgan fingerprint density at radius 1 is 1.12 bits per heavy atom. The summed E-state index contributed by atoms with van der Waals surface area (Å²) in [6.07, 6.45) is 0. The molecule has 2 aromatic carbocycles. The number of benzene rings is 2. The number of pyridine rings is 1. The van der Waals surface area contributed by atoms with E-state index in [1.165, 1.54) is 31.3 Å². The zero-order valence-corrected chi connectivity index (χ0v) is 13.1. The predicted molar refractivity (Wildman–Crippen MR) is 91.9 cm³/mol. The van der Waals surface area contributed by atoms with E-state index in [-0.39, 0.29) is 22.5 Å². The summed E-state index contributed by atoms with van der Waals surface area (Å²) in [5, 5.41) is 24.2. The van der Waals surface area contributed by atoms with Crippen LogP contribution in [-0.2, 0) is 7.05 Å². The Kier molecular flexibility index (Phi) is 3.94. The van der Waals surface area contributed by atoms with Gasteiger partial charge >= 0.3 is 0 Å². The van der Waals surface area contributed by atoms with Gasteiger partial charge in [-0.25, -0.2) is 0 Å². The molecule has 2 N–H and O–H groups in total. The molecule has 0 bridgehead atoms. The van der Waals surface area contributed by atoms with Crippen LogP contribution in [0.5, 0.6) is 5.75 Å². The lowest BCUT2D eigenvalue weighted by molar-refractivity contribution is -0.384. The molecule has 1 aromatic heterocycles. The lowest BCUT2D eigenvalue weighted by Crippen LogP contribution is -2.26. The van der Waals surface area contributed by atoms with Gasteiger partial charge < -0.3 is 15.0 Å². The minimum atomic E-state index is -0.697. The number of nitrogens with one attached hydrogen (secondary N) is 1. The van der Waals surface area contributed by atoms with E-state index < -0.39 is 16.4 Å². The average molecular weight is 339 g/mol. The van der Waals surface area contributed by atoms with E-state index in [0.29, 0.717) is 11.1 Å². The Morgan fingerprint density at radius 3 is 2.32 bits per heavy atom. The van der Waals surface area contributed by atoms with Crippen molar-refractivity contribution in [2.75, 3.05) is 5.32 Å². The van der Waals surface area contributed by atoms with Crippen molar-refractivity contribution in [3.8, 4) is 5.75 Å². The summed E-state index contributed by atoms with van der Waals surface area (Å²) >= 11 is 0. The molecule has 0 aliphatic carbocycles. The van der Waals surface area contributed by atoms with Gasteiger partial charge in [-0.15, -0.1) is 0 Å². The molecule has 0 saturated carbocycles. The second-order valence-electron chi connectivity index (χ2n) is 5.37. The minimum Gasteiger partial charge on any atom is -0.505 e. The third-order valence-corrected chi connectivity index (χ3v) is 3.83. The third-order valence-electron chi connectivity index (χ3n) is 3.83. The number of nitro benzene ring substituents is 1. The number of aromatic nitrogens is 1. The number of hydrogen-bond donors (Lipinski definition) is 2. The van der Waals surface area contributed by atoms with Crippen molar-refractivity contribution < 1.29 is 14.8 Å². The van der Waals surface area contributed by atoms with Gasteiger partial charge in [-0.3, -0.25) is 19.7 Å². The number of fused-ring (bicyclic) bond motifs is 1. The number of anilines is 1. The third kappa shape index (κ3) is 2.80. The number of carbonyl (C=O) groups is 1. The van der Waals surface area contributed by atoms with E-state index in [9.17, 15) is 24.8 Å². The van der Waals surface area contributed by atoms with Gasteiger partial charge in [0.15, 0.2) is 11.4 Å². The van der Waals surface area contributed by atoms with Crippen molar-refractivity contribution in [2.24, 2.45) is 7.05 Å². The first-order valence-electron chi connectivity index (χ1n) is 7.26. The first-order valence-corrected chi connectivity index (χ1v) is 7.26. The largest absolute Gasteiger partial charge is 0.505 e. The van der Waals surface area contributed by atoms with E-state index in [0.717, 1.165) is 4.57 Å². The monoisotopic (exact) mass is 339 g/mol. The molecule has 3 rings (SSSR count). The SMILES string of the molecule is Cn1c(C(=O)Nc2ccc([N+](=O)[O-])cc2)c(O)c2ccccc2c1=O. The minimum absolute atomic E-state index is 0.112. The summed E-state index contributed by atoms with van der Waals surface area (Å²) in [6, 6.07) is 11.7. The van der Waals surface area contributed by atoms with Crippen LogP contribution in [0.2, 0.25) is 0 Å². The second kappa shape index (κ2) is 6.08. The highest BCUT2D eigenvalue weighted by Crippen LogP contribution is 2.26. The van der Waals surface area contributed by atoms with Crippen molar-refractivity contribution >= 4 is 28.1 Å². The number of aromatic hydroxyl groups is 1. The molecular weight excluding hydrogens is 326 g/mol. The maximum absolute atomic E-state index is 12.5. The zero-order chi connectivity index (χ0) is 18.1. The Bertz CT molecular complexity index is 1050. The van der Waals surface area contributed by atoms with Crippen LogP contribution in [0.4, 0.5) is 11.4 Å². The fourth-order valence-corrected chi connectivity index (χ4v) is 2.56. The first kappa shape index (κ1) is 16.2. The number of amides is 1.